The van der Waals surface area contributed by atoms with Crippen molar-refractivity contribution in [3.8, 4) is 0 Å². The second-order valence-electron chi connectivity index (χ2n) is 7.11. The van der Waals surface area contributed by atoms with Gasteiger partial charge >= 0.3 is 6.03 Å². The Morgan fingerprint density at radius 3 is 2.10 bits per heavy atom. The summed E-state index contributed by atoms with van der Waals surface area (Å²) < 4.78 is 0. The van der Waals surface area contributed by atoms with Crippen LogP contribution in [0.3, 0.4) is 0 Å². The number of carbonyl (C=O) groups is 4. The van der Waals surface area contributed by atoms with Gasteiger partial charge in [-0.05, 0) is 23.3 Å². The van der Waals surface area contributed by atoms with Gasteiger partial charge < -0.3 is 4.90 Å². The number of urea groups is 1. The SMILES string of the molecule is CN1C(=O)C(C2c3ccccc3C(=O)N2Cc2ccccc2Cl)C(=O)N(C)C1=O. The fourth-order valence-electron chi connectivity index (χ4n) is 3.94. The van der Waals surface area contributed by atoms with Crippen LogP contribution in [0.5, 0.6) is 0 Å². The van der Waals surface area contributed by atoms with E-state index in [0.717, 1.165) is 9.80 Å². The van der Waals surface area contributed by atoms with Crippen LogP contribution in [0, 0.1) is 5.92 Å². The lowest BCUT2D eigenvalue weighted by atomic mass is 9.89. The van der Waals surface area contributed by atoms with Crippen LogP contribution in [-0.4, -0.2) is 52.5 Å². The molecule has 5 amide bonds. The zero-order valence-electron chi connectivity index (χ0n) is 15.8. The monoisotopic (exact) mass is 411 g/mol. The summed E-state index contributed by atoms with van der Waals surface area (Å²) in [6.45, 7) is 0.135. The highest BCUT2D eigenvalue weighted by atomic mass is 35.5. The average molecular weight is 412 g/mol. The molecule has 148 valence electrons. The van der Waals surface area contributed by atoms with Crippen molar-refractivity contribution in [3.05, 3.63) is 70.2 Å². The van der Waals surface area contributed by atoms with Gasteiger partial charge in [0.1, 0.15) is 5.92 Å². The van der Waals surface area contributed by atoms with Gasteiger partial charge in [-0.3, -0.25) is 24.2 Å². The maximum atomic E-state index is 13.2. The van der Waals surface area contributed by atoms with Gasteiger partial charge in [0, 0.05) is 31.2 Å². The number of carbonyl (C=O) groups excluding carboxylic acids is 4. The normalized spacial score (nSPS) is 20.0. The molecule has 2 aromatic carbocycles. The number of benzene rings is 2. The van der Waals surface area contributed by atoms with Crippen molar-refractivity contribution < 1.29 is 19.2 Å². The smallest absolute Gasteiger partial charge is 0.326 e. The molecule has 2 aromatic rings. The number of nitrogens with zero attached hydrogens (tertiary/aromatic N) is 3. The second-order valence-corrected chi connectivity index (χ2v) is 7.52. The highest BCUT2D eigenvalue weighted by Gasteiger charge is 2.52. The van der Waals surface area contributed by atoms with E-state index in [4.69, 9.17) is 11.6 Å². The van der Waals surface area contributed by atoms with Gasteiger partial charge in [-0.15, -0.1) is 0 Å². The topological polar surface area (TPSA) is 78.0 Å². The number of barbiturate groups is 1. The Morgan fingerprint density at radius 2 is 1.45 bits per heavy atom. The molecule has 0 aromatic heterocycles. The summed E-state index contributed by atoms with van der Waals surface area (Å²) in [5.41, 5.74) is 1.73. The first kappa shape index (κ1) is 19.1. The van der Waals surface area contributed by atoms with Crippen LogP contribution in [0.1, 0.15) is 27.5 Å². The van der Waals surface area contributed by atoms with E-state index in [0.29, 0.717) is 21.7 Å². The minimum absolute atomic E-state index is 0.135. The number of amides is 5. The van der Waals surface area contributed by atoms with Crippen LogP contribution >= 0.6 is 11.6 Å². The fraction of sp³-hybridized carbons (Fsp3) is 0.238. The first-order valence-corrected chi connectivity index (χ1v) is 9.43. The molecule has 1 saturated heterocycles. The molecular weight excluding hydrogens is 394 g/mol. The molecule has 1 unspecified atom stereocenters. The van der Waals surface area contributed by atoms with E-state index in [1.54, 1.807) is 48.5 Å². The molecule has 2 heterocycles. The van der Waals surface area contributed by atoms with E-state index in [1.165, 1.54) is 19.0 Å². The first-order valence-electron chi connectivity index (χ1n) is 9.05. The molecule has 0 aliphatic carbocycles. The third kappa shape index (κ3) is 2.89. The Balaban J connectivity index is 1.82. The number of hydrogen-bond acceptors (Lipinski definition) is 4. The molecule has 0 bridgehead atoms. The standard InChI is InChI=1S/C21H18ClN3O4/c1-23-19(27)16(20(28)24(2)21(23)29)17-13-8-4-5-9-14(13)18(26)25(17)11-12-7-3-6-10-15(12)22/h3-10,16-17H,11H2,1-2H3. The maximum Gasteiger partial charge on any atom is 0.332 e. The van der Waals surface area contributed by atoms with Crippen LogP contribution in [0.25, 0.3) is 0 Å². The van der Waals surface area contributed by atoms with E-state index in [2.05, 4.69) is 0 Å². The van der Waals surface area contributed by atoms with E-state index in [9.17, 15) is 19.2 Å². The molecule has 1 fully saturated rings. The van der Waals surface area contributed by atoms with Crippen molar-refractivity contribution in [1.82, 2.24) is 14.7 Å². The lowest BCUT2D eigenvalue weighted by molar-refractivity contribution is -0.150. The van der Waals surface area contributed by atoms with Crippen LogP contribution in [0.4, 0.5) is 4.79 Å². The number of halogens is 1. The molecular formula is C21H18ClN3O4. The summed E-state index contributed by atoms with van der Waals surface area (Å²) in [6.07, 6.45) is 0. The Hall–Kier alpha value is -3.19. The van der Waals surface area contributed by atoms with E-state index in [1.807, 2.05) is 0 Å². The quantitative estimate of drug-likeness (QED) is 0.727. The van der Waals surface area contributed by atoms with Crippen molar-refractivity contribution in [1.29, 1.82) is 0 Å². The van der Waals surface area contributed by atoms with Crippen LogP contribution in [-0.2, 0) is 16.1 Å². The van der Waals surface area contributed by atoms with Crippen molar-refractivity contribution in [3.63, 3.8) is 0 Å². The highest BCUT2D eigenvalue weighted by molar-refractivity contribution is 6.31. The number of fused-ring (bicyclic) bond motifs is 1. The average Bonchev–Trinajstić information content (AvgIpc) is 2.99. The lowest BCUT2D eigenvalue weighted by Crippen LogP contribution is -2.59. The van der Waals surface area contributed by atoms with E-state index in [-0.39, 0.29) is 12.5 Å². The number of imide groups is 2. The zero-order valence-corrected chi connectivity index (χ0v) is 16.6. The van der Waals surface area contributed by atoms with Gasteiger partial charge in [0.05, 0.1) is 6.04 Å². The summed E-state index contributed by atoms with van der Waals surface area (Å²) >= 11 is 6.29. The lowest BCUT2D eigenvalue weighted by Gasteiger charge is -2.38. The molecule has 4 rings (SSSR count). The molecule has 2 aliphatic rings. The van der Waals surface area contributed by atoms with Crippen LogP contribution < -0.4 is 0 Å². The molecule has 0 saturated carbocycles. The van der Waals surface area contributed by atoms with Crippen molar-refractivity contribution in [2.24, 2.45) is 5.92 Å². The largest absolute Gasteiger partial charge is 0.332 e. The molecule has 0 N–H and O–H groups in total. The molecule has 8 heteroatoms. The van der Waals surface area contributed by atoms with E-state index >= 15 is 0 Å². The fourth-order valence-corrected chi connectivity index (χ4v) is 4.14. The Kier molecular flexibility index (Phi) is 4.62. The second kappa shape index (κ2) is 7.00. The van der Waals surface area contributed by atoms with Gasteiger partial charge in [-0.1, -0.05) is 48.0 Å². The van der Waals surface area contributed by atoms with Gasteiger partial charge in [0.15, 0.2) is 0 Å². The van der Waals surface area contributed by atoms with E-state index < -0.39 is 29.8 Å². The molecule has 0 radical (unpaired) electrons. The maximum absolute atomic E-state index is 13.2. The first-order chi connectivity index (χ1) is 13.8. The summed E-state index contributed by atoms with van der Waals surface area (Å²) in [6, 6.07) is 12.5. The zero-order chi connectivity index (χ0) is 20.9. The third-order valence-corrected chi connectivity index (χ3v) is 5.86. The summed E-state index contributed by atoms with van der Waals surface area (Å²) in [5, 5.41) is 0.487. The summed E-state index contributed by atoms with van der Waals surface area (Å²) in [4.78, 5) is 54.6. The Labute approximate surface area is 172 Å². The Bertz CT molecular complexity index is 1030. The minimum atomic E-state index is -1.21. The molecule has 0 spiro atoms. The number of hydrogen-bond donors (Lipinski definition) is 0. The van der Waals surface area contributed by atoms with Gasteiger partial charge in [-0.2, -0.15) is 0 Å². The Morgan fingerprint density at radius 1 is 0.862 bits per heavy atom. The molecule has 2 aliphatic heterocycles. The predicted octanol–water partition coefficient (Wildman–Crippen LogP) is 2.70. The van der Waals surface area contributed by atoms with Crippen LogP contribution in [0.15, 0.2) is 48.5 Å². The highest BCUT2D eigenvalue weighted by Crippen LogP contribution is 2.42. The van der Waals surface area contributed by atoms with Crippen molar-refractivity contribution in [2.75, 3.05) is 14.1 Å². The molecule has 7 nitrogen and oxygen atoms in total. The molecule has 1 atom stereocenters. The summed E-state index contributed by atoms with van der Waals surface area (Å²) in [5.74, 6) is -2.75. The van der Waals surface area contributed by atoms with Gasteiger partial charge in [0.2, 0.25) is 11.8 Å². The van der Waals surface area contributed by atoms with Gasteiger partial charge in [-0.25, -0.2) is 4.79 Å². The summed E-state index contributed by atoms with van der Waals surface area (Å²) in [7, 11) is 2.67. The third-order valence-electron chi connectivity index (χ3n) is 5.49. The van der Waals surface area contributed by atoms with Crippen molar-refractivity contribution in [2.45, 2.75) is 12.6 Å². The minimum Gasteiger partial charge on any atom is -0.326 e. The van der Waals surface area contributed by atoms with Gasteiger partial charge in [0.25, 0.3) is 5.91 Å². The van der Waals surface area contributed by atoms with Crippen LogP contribution in [0.2, 0.25) is 5.02 Å². The van der Waals surface area contributed by atoms with Crippen molar-refractivity contribution >= 4 is 35.4 Å². The molecule has 29 heavy (non-hydrogen) atoms. The predicted molar refractivity (Wildman–Crippen MR) is 105 cm³/mol. The number of rotatable bonds is 3.